The van der Waals surface area contributed by atoms with E-state index in [-0.39, 0.29) is 5.91 Å². The number of hydrogen-bond donors (Lipinski definition) is 1. The van der Waals surface area contributed by atoms with Crippen molar-refractivity contribution < 1.29 is 19.1 Å². The van der Waals surface area contributed by atoms with Crippen molar-refractivity contribution in [1.82, 2.24) is 5.32 Å². The van der Waals surface area contributed by atoms with Crippen molar-refractivity contribution in [1.29, 1.82) is 0 Å². The van der Waals surface area contributed by atoms with Crippen LogP contribution in [0, 0.1) is 13.8 Å². The Morgan fingerprint density at radius 1 is 1.08 bits per heavy atom. The van der Waals surface area contributed by atoms with Crippen molar-refractivity contribution in [2.75, 3.05) is 7.11 Å². The number of methoxy groups -OCH3 is 1. The Labute approximate surface area is 148 Å². The summed E-state index contributed by atoms with van der Waals surface area (Å²) in [5.74, 6) is -0.0793. The van der Waals surface area contributed by atoms with Crippen molar-refractivity contribution in [3.8, 4) is 5.75 Å². The zero-order chi connectivity index (χ0) is 18.4. The molecule has 0 bridgehead atoms. The van der Waals surface area contributed by atoms with Gasteiger partial charge in [-0.3, -0.25) is 4.79 Å². The topological polar surface area (TPSA) is 64.6 Å². The predicted molar refractivity (Wildman–Crippen MR) is 95.6 cm³/mol. The Morgan fingerprint density at radius 2 is 1.76 bits per heavy atom. The monoisotopic (exact) mass is 341 g/mol. The van der Waals surface area contributed by atoms with Crippen LogP contribution < -0.4 is 10.1 Å². The SMILES string of the molecule is COc1ccc(CNC(=O)[C@@H](C)OC(=O)c2ccc(C)cc2C)cc1. The molecule has 0 saturated carbocycles. The summed E-state index contributed by atoms with van der Waals surface area (Å²) in [6.07, 6.45) is -0.869. The van der Waals surface area contributed by atoms with Crippen LogP contribution in [0.3, 0.4) is 0 Å². The fraction of sp³-hybridized carbons (Fsp3) is 0.300. The molecule has 1 amide bonds. The number of benzene rings is 2. The molecule has 0 heterocycles. The van der Waals surface area contributed by atoms with E-state index in [1.807, 2.05) is 50.2 Å². The van der Waals surface area contributed by atoms with Gasteiger partial charge in [-0.05, 0) is 50.1 Å². The molecular formula is C20H23NO4. The van der Waals surface area contributed by atoms with Gasteiger partial charge in [-0.1, -0.05) is 29.8 Å². The van der Waals surface area contributed by atoms with Gasteiger partial charge in [0.1, 0.15) is 5.75 Å². The molecule has 5 heteroatoms. The van der Waals surface area contributed by atoms with Crippen molar-refractivity contribution >= 4 is 11.9 Å². The van der Waals surface area contributed by atoms with Crippen LogP contribution in [-0.4, -0.2) is 25.1 Å². The predicted octanol–water partition coefficient (Wildman–Crippen LogP) is 3.17. The molecule has 0 radical (unpaired) electrons. The van der Waals surface area contributed by atoms with Crippen LogP contribution in [0.4, 0.5) is 0 Å². The molecular weight excluding hydrogens is 318 g/mol. The lowest BCUT2D eigenvalue weighted by Gasteiger charge is -2.14. The number of carbonyl (C=O) groups is 2. The van der Waals surface area contributed by atoms with Gasteiger partial charge in [0.05, 0.1) is 12.7 Å². The third kappa shape index (κ3) is 5.08. The highest BCUT2D eigenvalue weighted by Gasteiger charge is 2.19. The molecule has 0 fully saturated rings. The second kappa shape index (κ2) is 8.33. The number of nitrogens with one attached hydrogen (secondary N) is 1. The summed E-state index contributed by atoms with van der Waals surface area (Å²) in [5, 5.41) is 2.76. The first-order valence-corrected chi connectivity index (χ1v) is 8.09. The number of hydrogen-bond acceptors (Lipinski definition) is 4. The number of esters is 1. The largest absolute Gasteiger partial charge is 0.497 e. The minimum absolute atomic E-state index is 0.339. The van der Waals surface area contributed by atoms with E-state index in [0.29, 0.717) is 12.1 Å². The average Bonchev–Trinajstić information content (AvgIpc) is 2.59. The quantitative estimate of drug-likeness (QED) is 0.820. The van der Waals surface area contributed by atoms with Gasteiger partial charge in [-0.2, -0.15) is 0 Å². The van der Waals surface area contributed by atoms with Gasteiger partial charge >= 0.3 is 5.97 Å². The van der Waals surface area contributed by atoms with Crippen LogP contribution in [0.25, 0.3) is 0 Å². The maximum absolute atomic E-state index is 12.2. The van der Waals surface area contributed by atoms with E-state index in [1.54, 1.807) is 20.1 Å². The molecule has 2 rings (SSSR count). The summed E-state index contributed by atoms with van der Waals surface area (Å²) in [5.41, 5.74) is 3.30. The third-order valence-corrected chi connectivity index (χ3v) is 3.88. The molecule has 1 N–H and O–H groups in total. The zero-order valence-electron chi connectivity index (χ0n) is 15.0. The highest BCUT2D eigenvalue weighted by Crippen LogP contribution is 2.13. The van der Waals surface area contributed by atoms with Crippen LogP contribution in [0.1, 0.15) is 34.0 Å². The minimum atomic E-state index is -0.869. The van der Waals surface area contributed by atoms with Crippen LogP contribution in [-0.2, 0) is 16.1 Å². The second-order valence-electron chi connectivity index (χ2n) is 5.93. The highest BCUT2D eigenvalue weighted by molar-refractivity contribution is 5.93. The number of amides is 1. The Morgan fingerprint density at radius 3 is 2.36 bits per heavy atom. The number of carbonyl (C=O) groups excluding carboxylic acids is 2. The van der Waals surface area contributed by atoms with E-state index in [1.165, 1.54) is 0 Å². The fourth-order valence-corrected chi connectivity index (χ4v) is 2.40. The second-order valence-corrected chi connectivity index (χ2v) is 5.93. The lowest BCUT2D eigenvalue weighted by Crippen LogP contribution is -2.35. The molecule has 25 heavy (non-hydrogen) atoms. The molecule has 132 valence electrons. The summed E-state index contributed by atoms with van der Waals surface area (Å²) < 4.78 is 10.4. The van der Waals surface area contributed by atoms with Crippen molar-refractivity contribution in [2.45, 2.75) is 33.4 Å². The van der Waals surface area contributed by atoms with Crippen LogP contribution in [0.2, 0.25) is 0 Å². The standard InChI is InChI=1S/C20H23NO4/c1-13-5-10-18(14(2)11-13)20(23)25-15(3)19(22)21-12-16-6-8-17(24-4)9-7-16/h5-11,15H,12H2,1-4H3,(H,21,22)/t15-/m1/s1. The molecule has 0 saturated heterocycles. The average molecular weight is 341 g/mol. The van der Waals surface area contributed by atoms with Gasteiger partial charge in [-0.15, -0.1) is 0 Å². The van der Waals surface area contributed by atoms with E-state index in [2.05, 4.69) is 5.32 Å². The fourth-order valence-electron chi connectivity index (χ4n) is 2.40. The van der Waals surface area contributed by atoms with Gasteiger partial charge in [0.15, 0.2) is 6.10 Å². The Hall–Kier alpha value is -2.82. The van der Waals surface area contributed by atoms with E-state index < -0.39 is 12.1 Å². The van der Waals surface area contributed by atoms with Crippen LogP contribution in [0.5, 0.6) is 5.75 Å². The zero-order valence-corrected chi connectivity index (χ0v) is 15.0. The van der Waals surface area contributed by atoms with Gasteiger partial charge in [-0.25, -0.2) is 4.79 Å². The number of aryl methyl sites for hydroxylation is 2. The van der Waals surface area contributed by atoms with E-state index in [0.717, 1.165) is 22.4 Å². The lowest BCUT2D eigenvalue weighted by molar-refractivity contribution is -0.129. The van der Waals surface area contributed by atoms with Gasteiger partial charge < -0.3 is 14.8 Å². The van der Waals surface area contributed by atoms with E-state index in [9.17, 15) is 9.59 Å². The minimum Gasteiger partial charge on any atom is -0.497 e. The highest BCUT2D eigenvalue weighted by atomic mass is 16.5. The Bertz CT molecular complexity index is 753. The molecule has 0 spiro atoms. The summed E-state index contributed by atoms with van der Waals surface area (Å²) in [6.45, 7) is 5.72. The van der Waals surface area contributed by atoms with E-state index in [4.69, 9.17) is 9.47 Å². The molecule has 2 aromatic rings. The van der Waals surface area contributed by atoms with Crippen molar-refractivity contribution in [2.24, 2.45) is 0 Å². The lowest BCUT2D eigenvalue weighted by atomic mass is 10.1. The van der Waals surface area contributed by atoms with Crippen molar-refractivity contribution in [3.05, 3.63) is 64.7 Å². The molecule has 2 aromatic carbocycles. The van der Waals surface area contributed by atoms with Crippen molar-refractivity contribution in [3.63, 3.8) is 0 Å². The molecule has 0 aromatic heterocycles. The Kier molecular flexibility index (Phi) is 6.17. The molecule has 5 nitrogen and oxygen atoms in total. The van der Waals surface area contributed by atoms with Gasteiger partial charge in [0.25, 0.3) is 5.91 Å². The molecule has 1 atom stereocenters. The van der Waals surface area contributed by atoms with E-state index >= 15 is 0 Å². The summed E-state index contributed by atoms with van der Waals surface area (Å²) in [6, 6.07) is 12.9. The third-order valence-electron chi connectivity index (χ3n) is 3.88. The molecule has 0 aliphatic heterocycles. The number of ether oxygens (including phenoxy) is 2. The summed E-state index contributed by atoms with van der Waals surface area (Å²) in [7, 11) is 1.60. The number of rotatable bonds is 6. The van der Waals surface area contributed by atoms with Crippen LogP contribution in [0.15, 0.2) is 42.5 Å². The molecule has 0 aliphatic rings. The summed E-state index contributed by atoms with van der Waals surface area (Å²) in [4.78, 5) is 24.4. The summed E-state index contributed by atoms with van der Waals surface area (Å²) >= 11 is 0. The first kappa shape index (κ1) is 18.5. The first-order chi connectivity index (χ1) is 11.9. The first-order valence-electron chi connectivity index (χ1n) is 8.09. The maximum Gasteiger partial charge on any atom is 0.339 e. The Balaban J connectivity index is 1.89. The normalized spacial score (nSPS) is 11.5. The van der Waals surface area contributed by atoms with Gasteiger partial charge in [0.2, 0.25) is 0 Å². The molecule has 0 unspecified atom stereocenters. The smallest absolute Gasteiger partial charge is 0.339 e. The van der Waals surface area contributed by atoms with Gasteiger partial charge in [0, 0.05) is 6.54 Å². The maximum atomic E-state index is 12.2. The van der Waals surface area contributed by atoms with Crippen LogP contribution >= 0.6 is 0 Å². The molecule has 0 aliphatic carbocycles.